The minimum Gasteiger partial charge on any atom is -0.543 e. The average Bonchev–Trinajstić information content (AvgIpc) is 2.94. The fourth-order valence-corrected chi connectivity index (χ4v) is 5.83. The summed E-state index contributed by atoms with van der Waals surface area (Å²) in [7, 11) is 1.19. The third-order valence-electron chi connectivity index (χ3n) is 8.41. The van der Waals surface area contributed by atoms with Crippen LogP contribution in [0, 0.1) is 0 Å². The van der Waals surface area contributed by atoms with E-state index in [1.165, 1.54) is 16.7 Å². The molecule has 0 saturated carbocycles. The van der Waals surface area contributed by atoms with E-state index >= 15 is 0 Å². The molecule has 3 aromatic carbocycles. The Bertz CT molecular complexity index is 1450. The van der Waals surface area contributed by atoms with Gasteiger partial charge in [0.1, 0.15) is 5.75 Å². The monoisotopic (exact) mass is 589 g/mol. The number of anilines is 1. The molecule has 2 amide bonds. The highest BCUT2D eigenvalue weighted by molar-refractivity contribution is 6.74. The first kappa shape index (κ1) is 31.1. The van der Waals surface area contributed by atoms with Crippen molar-refractivity contribution in [1.29, 1.82) is 0 Å². The molecular weight excluding hydrogens is 546 g/mol. The second-order valence-corrected chi connectivity index (χ2v) is 17.1. The Balaban J connectivity index is 1.39. The highest BCUT2D eigenvalue weighted by atomic mass is 28.4. The number of nitrogens with two attached hydrogens (primary N) is 1. The molecule has 0 aromatic heterocycles. The molecule has 9 heteroatoms. The van der Waals surface area contributed by atoms with Crippen LogP contribution in [0.15, 0.2) is 54.6 Å². The van der Waals surface area contributed by atoms with Gasteiger partial charge in [0.25, 0.3) is 5.91 Å². The molecule has 3 N–H and O–H groups in total. The van der Waals surface area contributed by atoms with Crippen LogP contribution in [0.25, 0.3) is 0 Å². The smallest absolute Gasteiger partial charge is 0.256 e. The zero-order chi connectivity index (χ0) is 30.7. The molecule has 3 aromatic rings. The van der Waals surface area contributed by atoms with Crippen molar-refractivity contribution < 1.29 is 23.5 Å². The van der Waals surface area contributed by atoms with Gasteiger partial charge in [0, 0.05) is 25.3 Å². The van der Waals surface area contributed by atoms with Gasteiger partial charge in [-0.1, -0.05) is 32.9 Å². The number of ether oxygens (including phenoxy) is 2. The van der Waals surface area contributed by atoms with Gasteiger partial charge in [0.15, 0.2) is 11.5 Å². The number of hydrogen-bond acceptors (Lipinski definition) is 6. The molecule has 1 heterocycles. The van der Waals surface area contributed by atoms with Gasteiger partial charge in [-0.05, 0) is 90.1 Å². The van der Waals surface area contributed by atoms with Crippen LogP contribution in [0.5, 0.6) is 17.2 Å². The van der Waals surface area contributed by atoms with Crippen molar-refractivity contribution >= 4 is 25.8 Å². The Labute approximate surface area is 250 Å². The van der Waals surface area contributed by atoms with Crippen LogP contribution in [0.4, 0.5) is 5.69 Å². The zero-order valence-electron chi connectivity index (χ0n) is 25.8. The molecule has 0 atom stereocenters. The number of benzene rings is 3. The Hall–Kier alpha value is -3.82. The predicted octanol–water partition coefficient (Wildman–Crippen LogP) is 6.04. The molecular formula is C33H43N3O5Si. The fraction of sp³-hybridized carbons (Fsp3) is 0.394. The molecule has 0 radical (unpaired) electrons. The first-order valence-electron chi connectivity index (χ1n) is 14.3. The van der Waals surface area contributed by atoms with Crippen molar-refractivity contribution in [3.05, 3.63) is 82.4 Å². The van der Waals surface area contributed by atoms with E-state index in [4.69, 9.17) is 19.6 Å². The molecule has 0 aliphatic carbocycles. The van der Waals surface area contributed by atoms with Gasteiger partial charge in [-0.25, -0.2) is 0 Å². The van der Waals surface area contributed by atoms with E-state index in [9.17, 15) is 9.59 Å². The van der Waals surface area contributed by atoms with E-state index in [0.29, 0.717) is 11.4 Å². The van der Waals surface area contributed by atoms with Crippen LogP contribution in [0.2, 0.25) is 18.1 Å². The minimum absolute atomic E-state index is 0.0142. The Morgan fingerprint density at radius 3 is 2.17 bits per heavy atom. The topological polar surface area (TPSA) is 103 Å². The number of nitrogens with zero attached hydrogens (tertiary/aromatic N) is 1. The standard InChI is InChI=1S/C33H43N3O5Si/c1-33(2,3)42(6,7)41-26-12-13-27(31(34)37)28(20-26)32(38)35-25-10-8-22(9-11-25)14-16-36-17-15-23-18-29(39-4)30(40-5)19-24(23)21-36/h8-13,18-20H,14-17,21H2,1-7H3,(H2,34,37)(H,35,38). The largest absolute Gasteiger partial charge is 0.543 e. The average molecular weight is 590 g/mol. The summed E-state index contributed by atoms with van der Waals surface area (Å²) >= 11 is 0. The first-order chi connectivity index (χ1) is 19.8. The quantitative estimate of drug-likeness (QED) is 0.280. The fourth-order valence-electron chi connectivity index (χ4n) is 4.81. The van der Waals surface area contributed by atoms with E-state index in [-0.39, 0.29) is 16.2 Å². The Morgan fingerprint density at radius 1 is 0.929 bits per heavy atom. The van der Waals surface area contributed by atoms with Crippen molar-refractivity contribution in [2.24, 2.45) is 5.73 Å². The van der Waals surface area contributed by atoms with Gasteiger partial charge in [0.2, 0.25) is 14.2 Å². The van der Waals surface area contributed by atoms with Crippen LogP contribution >= 0.6 is 0 Å². The Morgan fingerprint density at radius 2 is 1.57 bits per heavy atom. The van der Waals surface area contributed by atoms with E-state index in [0.717, 1.165) is 44.0 Å². The van der Waals surface area contributed by atoms with E-state index < -0.39 is 20.1 Å². The number of amides is 2. The van der Waals surface area contributed by atoms with Crippen LogP contribution in [-0.4, -0.2) is 52.3 Å². The molecule has 224 valence electrons. The second-order valence-electron chi connectivity index (χ2n) is 12.3. The highest BCUT2D eigenvalue weighted by Crippen LogP contribution is 2.38. The van der Waals surface area contributed by atoms with Crippen molar-refractivity contribution in [2.75, 3.05) is 32.6 Å². The van der Waals surface area contributed by atoms with Crippen molar-refractivity contribution in [2.45, 2.75) is 58.3 Å². The number of primary amides is 1. The first-order valence-corrected chi connectivity index (χ1v) is 17.2. The summed E-state index contributed by atoms with van der Waals surface area (Å²) in [6.07, 6.45) is 1.85. The van der Waals surface area contributed by atoms with Gasteiger partial charge in [-0.2, -0.15) is 0 Å². The van der Waals surface area contributed by atoms with Gasteiger partial charge >= 0.3 is 0 Å². The molecule has 0 bridgehead atoms. The maximum atomic E-state index is 13.3. The van der Waals surface area contributed by atoms with Crippen molar-refractivity contribution in [1.82, 2.24) is 4.90 Å². The van der Waals surface area contributed by atoms with Gasteiger partial charge < -0.3 is 25.0 Å². The molecule has 4 rings (SSSR count). The molecule has 0 unspecified atom stereocenters. The maximum Gasteiger partial charge on any atom is 0.256 e. The highest BCUT2D eigenvalue weighted by Gasteiger charge is 2.39. The summed E-state index contributed by atoms with van der Waals surface area (Å²) in [4.78, 5) is 27.8. The second kappa shape index (κ2) is 12.6. The molecule has 1 aliphatic rings. The maximum absolute atomic E-state index is 13.3. The van der Waals surface area contributed by atoms with Gasteiger partial charge in [-0.15, -0.1) is 0 Å². The SMILES string of the molecule is COc1cc2c(cc1OC)CN(CCc1ccc(NC(=O)c3cc(O[Si](C)(C)C(C)(C)C)ccc3C(N)=O)cc1)CC2. The van der Waals surface area contributed by atoms with Gasteiger partial charge in [-0.3, -0.25) is 14.5 Å². The number of methoxy groups -OCH3 is 2. The number of hydrogen-bond donors (Lipinski definition) is 2. The summed E-state index contributed by atoms with van der Waals surface area (Å²) in [6, 6.07) is 16.9. The minimum atomic E-state index is -2.14. The number of carbonyl (C=O) groups excluding carboxylic acids is 2. The normalized spacial score (nSPS) is 13.7. The number of fused-ring (bicyclic) bond motifs is 1. The summed E-state index contributed by atoms with van der Waals surface area (Å²) < 4.78 is 17.3. The van der Waals surface area contributed by atoms with Crippen LogP contribution < -0.4 is 25.0 Å². The van der Waals surface area contributed by atoms with Crippen LogP contribution in [0.3, 0.4) is 0 Å². The Kier molecular flexibility index (Phi) is 9.33. The number of carbonyl (C=O) groups is 2. The van der Waals surface area contributed by atoms with E-state index in [1.807, 2.05) is 24.3 Å². The summed E-state index contributed by atoms with van der Waals surface area (Å²) in [6.45, 7) is 13.5. The number of rotatable bonds is 10. The molecule has 0 spiro atoms. The predicted molar refractivity (Wildman–Crippen MR) is 169 cm³/mol. The lowest BCUT2D eigenvalue weighted by atomic mass is 9.98. The summed E-state index contributed by atoms with van der Waals surface area (Å²) in [5.74, 6) is 1.03. The molecule has 42 heavy (non-hydrogen) atoms. The molecule has 8 nitrogen and oxygen atoms in total. The van der Waals surface area contributed by atoms with Gasteiger partial charge in [0.05, 0.1) is 25.3 Å². The van der Waals surface area contributed by atoms with Crippen molar-refractivity contribution in [3.8, 4) is 17.2 Å². The van der Waals surface area contributed by atoms with E-state index in [2.05, 4.69) is 56.2 Å². The third kappa shape index (κ3) is 7.14. The van der Waals surface area contributed by atoms with E-state index in [1.54, 1.807) is 32.4 Å². The molecule has 1 aliphatic heterocycles. The summed E-state index contributed by atoms with van der Waals surface area (Å²) in [5, 5.41) is 2.90. The lowest BCUT2D eigenvalue weighted by Crippen LogP contribution is -2.43. The lowest BCUT2D eigenvalue weighted by Gasteiger charge is -2.36. The molecule has 0 saturated heterocycles. The van der Waals surface area contributed by atoms with Crippen LogP contribution in [-0.2, 0) is 19.4 Å². The zero-order valence-corrected chi connectivity index (χ0v) is 26.8. The number of nitrogens with one attached hydrogen (secondary N) is 1. The van der Waals surface area contributed by atoms with Crippen LogP contribution in [0.1, 0.15) is 58.2 Å². The molecule has 0 fully saturated rings. The summed E-state index contributed by atoms with van der Waals surface area (Å²) in [5.41, 5.74) is 10.3. The van der Waals surface area contributed by atoms with Crippen molar-refractivity contribution in [3.63, 3.8) is 0 Å². The lowest BCUT2D eigenvalue weighted by molar-refractivity contribution is 0.0977. The third-order valence-corrected chi connectivity index (χ3v) is 12.8.